The van der Waals surface area contributed by atoms with E-state index in [4.69, 9.17) is 0 Å². The molecule has 2 aliphatic rings. The van der Waals surface area contributed by atoms with Crippen LogP contribution in [0.4, 0.5) is 0 Å². The lowest BCUT2D eigenvalue weighted by Gasteiger charge is -2.35. The maximum atomic E-state index is 12.8. The first-order valence-electron chi connectivity index (χ1n) is 9.08. The molecule has 2 aliphatic heterocycles. The van der Waals surface area contributed by atoms with Gasteiger partial charge in [0.25, 0.3) is 0 Å². The Kier molecular flexibility index (Phi) is 5.24. The maximum Gasteiger partial charge on any atom is 0.227 e. The van der Waals surface area contributed by atoms with Gasteiger partial charge < -0.3 is 4.90 Å². The van der Waals surface area contributed by atoms with Crippen molar-refractivity contribution in [2.24, 2.45) is 17.3 Å². The van der Waals surface area contributed by atoms with Gasteiger partial charge in [-0.15, -0.1) is 0 Å². The number of piperidine rings is 1. The summed E-state index contributed by atoms with van der Waals surface area (Å²) >= 11 is 0. The van der Waals surface area contributed by atoms with Gasteiger partial charge in [-0.25, -0.2) is 0 Å². The Morgan fingerprint density at radius 3 is 1.78 bits per heavy atom. The van der Waals surface area contributed by atoms with Gasteiger partial charge in [-0.3, -0.25) is 14.5 Å². The molecule has 0 aromatic carbocycles. The van der Waals surface area contributed by atoms with Gasteiger partial charge in [0, 0.05) is 36.5 Å². The van der Waals surface area contributed by atoms with E-state index >= 15 is 0 Å². The summed E-state index contributed by atoms with van der Waals surface area (Å²) in [7, 11) is 0. The number of likely N-dealkylation sites (tertiary alicyclic amines) is 2. The normalized spacial score (nSPS) is 25.0. The SMILES string of the molecule is CC(C)(C)C(=O)C1CCN(C(=O)C2CCN(C(C)(C)C)C2)CC1. The van der Waals surface area contributed by atoms with E-state index in [1.54, 1.807) is 0 Å². The van der Waals surface area contributed by atoms with Crippen molar-refractivity contribution in [2.45, 2.75) is 66.3 Å². The minimum Gasteiger partial charge on any atom is -0.342 e. The molecule has 0 spiro atoms. The zero-order valence-electron chi connectivity index (χ0n) is 15.8. The zero-order valence-corrected chi connectivity index (χ0v) is 15.8. The van der Waals surface area contributed by atoms with E-state index in [1.165, 1.54) is 0 Å². The molecule has 2 fully saturated rings. The largest absolute Gasteiger partial charge is 0.342 e. The van der Waals surface area contributed by atoms with Crippen LogP contribution in [0.1, 0.15) is 60.8 Å². The van der Waals surface area contributed by atoms with Gasteiger partial charge in [-0.05, 0) is 46.6 Å². The summed E-state index contributed by atoms with van der Waals surface area (Å²) < 4.78 is 0. The number of amides is 1. The quantitative estimate of drug-likeness (QED) is 0.785. The molecule has 2 rings (SSSR count). The molecule has 0 N–H and O–H groups in total. The number of hydrogen-bond donors (Lipinski definition) is 0. The molecule has 1 amide bonds. The predicted octanol–water partition coefficient (Wildman–Crippen LogP) is 2.96. The van der Waals surface area contributed by atoms with Crippen LogP contribution in [0.25, 0.3) is 0 Å². The molecule has 4 heteroatoms. The van der Waals surface area contributed by atoms with Crippen LogP contribution >= 0.6 is 0 Å². The zero-order chi connectivity index (χ0) is 17.4. The second-order valence-corrected chi connectivity index (χ2v) is 9.32. The highest BCUT2D eigenvalue weighted by Gasteiger charge is 2.38. The monoisotopic (exact) mass is 322 g/mol. The van der Waals surface area contributed by atoms with Crippen molar-refractivity contribution in [3.63, 3.8) is 0 Å². The highest BCUT2D eigenvalue weighted by atomic mass is 16.2. The third-order valence-electron chi connectivity index (χ3n) is 5.40. The number of ketones is 1. The van der Waals surface area contributed by atoms with Crippen molar-refractivity contribution < 1.29 is 9.59 Å². The molecule has 2 heterocycles. The standard InChI is InChI=1S/C19H34N2O2/c1-18(2,3)16(22)14-7-10-20(11-8-14)17(23)15-9-12-21(13-15)19(4,5)6/h14-15H,7-13H2,1-6H3. The van der Waals surface area contributed by atoms with Crippen molar-refractivity contribution in [1.29, 1.82) is 0 Å². The fraction of sp³-hybridized carbons (Fsp3) is 0.895. The lowest BCUT2D eigenvalue weighted by molar-refractivity contribution is -0.140. The summed E-state index contributed by atoms with van der Waals surface area (Å²) in [5.41, 5.74) is -0.128. The van der Waals surface area contributed by atoms with Crippen molar-refractivity contribution >= 4 is 11.7 Å². The molecule has 0 bridgehead atoms. The van der Waals surface area contributed by atoms with Crippen LogP contribution in [0.5, 0.6) is 0 Å². The first-order chi connectivity index (χ1) is 10.5. The van der Waals surface area contributed by atoms with Gasteiger partial charge >= 0.3 is 0 Å². The lowest BCUT2D eigenvalue weighted by Crippen LogP contribution is -2.46. The average molecular weight is 322 g/mol. The second kappa shape index (κ2) is 6.54. The fourth-order valence-corrected chi connectivity index (χ4v) is 3.80. The Hall–Kier alpha value is -0.900. The Labute approximate surface area is 141 Å². The third-order valence-corrected chi connectivity index (χ3v) is 5.40. The van der Waals surface area contributed by atoms with Gasteiger partial charge in [0.15, 0.2) is 0 Å². The summed E-state index contributed by atoms with van der Waals surface area (Å²) in [6.07, 6.45) is 2.63. The van der Waals surface area contributed by atoms with Gasteiger partial charge in [-0.1, -0.05) is 20.8 Å². The molecule has 2 saturated heterocycles. The molecule has 0 aromatic rings. The van der Waals surface area contributed by atoms with Crippen LogP contribution in [-0.4, -0.2) is 53.2 Å². The Balaban J connectivity index is 1.86. The minimum atomic E-state index is -0.268. The van der Waals surface area contributed by atoms with E-state index in [2.05, 4.69) is 25.7 Å². The van der Waals surface area contributed by atoms with E-state index in [-0.39, 0.29) is 22.8 Å². The van der Waals surface area contributed by atoms with Crippen LogP contribution in [0.3, 0.4) is 0 Å². The van der Waals surface area contributed by atoms with E-state index in [9.17, 15) is 9.59 Å². The smallest absolute Gasteiger partial charge is 0.227 e. The lowest BCUT2D eigenvalue weighted by atomic mass is 9.79. The Bertz CT molecular complexity index is 451. The molecule has 1 atom stereocenters. The summed E-state index contributed by atoms with van der Waals surface area (Å²) in [6, 6.07) is 0. The highest BCUT2D eigenvalue weighted by Crippen LogP contribution is 2.30. The highest BCUT2D eigenvalue weighted by molar-refractivity contribution is 5.86. The van der Waals surface area contributed by atoms with Crippen LogP contribution < -0.4 is 0 Å². The molecular weight excluding hydrogens is 288 g/mol. The molecular formula is C19H34N2O2. The topological polar surface area (TPSA) is 40.6 Å². The second-order valence-electron chi connectivity index (χ2n) is 9.32. The van der Waals surface area contributed by atoms with Crippen LogP contribution in [0.2, 0.25) is 0 Å². The third kappa shape index (κ3) is 4.34. The first kappa shape index (κ1) is 18.4. The van der Waals surface area contributed by atoms with Crippen molar-refractivity contribution in [3.05, 3.63) is 0 Å². The number of rotatable bonds is 2. The number of nitrogens with zero attached hydrogens (tertiary/aromatic N) is 2. The maximum absolute atomic E-state index is 12.8. The van der Waals surface area contributed by atoms with Crippen LogP contribution in [0, 0.1) is 17.3 Å². The van der Waals surface area contributed by atoms with Gasteiger partial charge in [0.2, 0.25) is 5.91 Å². The molecule has 0 radical (unpaired) electrons. The van der Waals surface area contributed by atoms with E-state index < -0.39 is 0 Å². The van der Waals surface area contributed by atoms with Gasteiger partial charge in [0.05, 0.1) is 5.92 Å². The number of carbonyl (C=O) groups excluding carboxylic acids is 2. The van der Waals surface area contributed by atoms with Crippen molar-refractivity contribution in [1.82, 2.24) is 9.80 Å². The summed E-state index contributed by atoms with van der Waals surface area (Å²) in [5.74, 6) is 0.931. The molecule has 23 heavy (non-hydrogen) atoms. The number of carbonyl (C=O) groups is 2. The number of Topliss-reactive ketones (excluding diaryl/α,β-unsaturated/α-hetero) is 1. The van der Waals surface area contributed by atoms with E-state index in [1.807, 2.05) is 25.7 Å². The first-order valence-corrected chi connectivity index (χ1v) is 9.08. The summed E-state index contributed by atoms with van der Waals surface area (Å²) in [6.45, 7) is 16.0. The van der Waals surface area contributed by atoms with Crippen molar-refractivity contribution in [2.75, 3.05) is 26.2 Å². The van der Waals surface area contributed by atoms with Crippen molar-refractivity contribution in [3.8, 4) is 0 Å². The summed E-state index contributed by atoms with van der Waals surface area (Å²) in [5, 5.41) is 0. The van der Waals surface area contributed by atoms with E-state index in [0.717, 1.165) is 45.4 Å². The minimum absolute atomic E-state index is 0.133. The summed E-state index contributed by atoms with van der Waals surface area (Å²) in [4.78, 5) is 29.6. The predicted molar refractivity (Wildman–Crippen MR) is 93.2 cm³/mol. The number of hydrogen-bond acceptors (Lipinski definition) is 3. The van der Waals surface area contributed by atoms with Crippen LogP contribution in [0.15, 0.2) is 0 Å². The molecule has 0 saturated carbocycles. The van der Waals surface area contributed by atoms with Gasteiger partial charge in [0.1, 0.15) is 5.78 Å². The molecule has 0 aromatic heterocycles. The Morgan fingerprint density at radius 1 is 0.826 bits per heavy atom. The fourth-order valence-electron chi connectivity index (χ4n) is 3.80. The average Bonchev–Trinajstić information content (AvgIpc) is 2.95. The molecule has 0 aliphatic carbocycles. The molecule has 1 unspecified atom stereocenters. The van der Waals surface area contributed by atoms with E-state index in [0.29, 0.717) is 11.7 Å². The molecule has 4 nitrogen and oxygen atoms in total. The molecule has 132 valence electrons. The Morgan fingerprint density at radius 2 is 1.35 bits per heavy atom. The van der Waals surface area contributed by atoms with Gasteiger partial charge in [-0.2, -0.15) is 0 Å². The van der Waals surface area contributed by atoms with Crippen LogP contribution in [-0.2, 0) is 9.59 Å².